The molecule has 2 aromatic rings. The van der Waals surface area contributed by atoms with Gasteiger partial charge in [0.25, 0.3) is 0 Å². The summed E-state index contributed by atoms with van der Waals surface area (Å²) in [5.41, 5.74) is 2.41. The van der Waals surface area contributed by atoms with Gasteiger partial charge in [0, 0.05) is 12.7 Å². The molecule has 6 heteroatoms. The number of aromatic nitrogens is 4. The van der Waals surface area contributed by atoms with Crippen molar-refractivity contribution in [2.45, 2.75) is 20.8 Å². The van der Waals surface area contributed by atoms with Crippen LogP contribution in [0.3, 0.4) is 0 Å². The standard InChI is InChI=1S/C11H14N4O2/c1-6-5-7(2)15(12-6)10-9(11(16)17)8(3)13-14(10)4/h5H,1-4H3,(H,16,17). The van der Waals surface area contributed by atoms with Gasteiger partial charge in [-0.1, -0.05) is 0 Å². The molecule has 0 atom stereocenters. The van der Waals surface area contributed by atoms with E-state index in [1.165, 1.54) is 4.68 Å². The molecule has 0 aromatic carbocycles. The van der Waals surface area contributed by atoms with Crippen molar-refractivity contribution in [3.63, 3.8) is 0 Å². The topological polar surface area (TPSA) is 72.9 Å². The first-order valence-corrected chi connectivity index (χ1v) is 5.22. The second-order valence-corrected chi connectivity index (χ2v) is 4.05. The molecule has 2 aromatic heterocycles. The lowest BCUT2D eigenvalue weighted by molar-refractivity contribution is 0.0696. The van der Waals surface area contributed by atoms with Gasteiger partial charge in [0.2, 0.25) is 0 Å². The molecule has 0 spiro atoms. The molecule has 0 saturated carbocycles. The molecule has 1 N–H and O–H groups in total. The van der Waals surface area contributed by atoms with Crippen LogP contribution in [-0.4, -0.2) is 30.6 Å². The van der Waals surface area contributed by atoms with Crippen molar-refractivity contribution in [2.75, 3.05) is 0 Å². The van der Waals surface area contributed by atoms with Crippen LogP contribution in [0.1, 0.15) is 27.4 Å². The third kappa shape index (κ3) is 1.71. The van der Waals surface area contributed by atoms with Crippen LogP contribution in [0.25, 0.3) is 5.82 Å². The number of carbonyl (C=O) groups is 1. The molecule has 0 aliphatic carbocycles. The molecule has 0 saturated heterocycles. The zero-order chi connectivity index (χ0) is 12.7. The van der Waals surface area contributed by atoms with Crippen molar-refractivity contribution in [1.82, 2.24) is 19.6 Å². The normalized spacial score (nSPS) is 10.8. The van der Waals surface area contributed by atoms with Gasteiger partial charge in [-0.25, -0.2) is 14.2 Å². The molecule has 0 aliphatic heterocycles. The van der Waals surface area contributed by atoms with Crippen molar-refractivity contribution in [3.05, 3.63) is 28.7 Å². The highest BCUT2D eigenvalue weighted by Crippen LogP contribution is 2.19. The van der Waals surface area contributed by atoms with Gasteiger partial charge in [-0.2, -0.15) is 10.2 Å². The molecule has 0 amide bonds. The van der Waals surface area contributed by atoms with E-state index < -0.39 is 5.97 Å². The van der Waals surface area contributed by atoms with Crippen molar-refractivity contribution < 1.29 is 9.90 Å². The summed E-state index contributed by atoms with van der Waals surface area (Å²) in [6, 6.07) is 1.90. The Bertz CT molecular complexity index is 595. The van der Waals surface area contributed by atoms with Crippen LogP contribution in [0.5, 0.6) is 0 Å². The number of rotatable bonds is 2. The van der Waals surface area contributed by atoms with Gasteiger partial charge in [-0.05, 0) is 26.8 Å². The van der Waals surface area contributed by atoms with Crippen molar-refractivity contribution >= 4 is 5.97 Å². The fourth-order valence-corrected chi connectivity index (χ4v) is 1.98. The summed E-state index contributed by atoms with van der Waals surface area (Å²) in [5, 5.41) is 17.6. The number of nitrogens with zero attached hydrogens (tertiary/aromatic N) is 4. The Hall–Kier alpha value is -2.11. The summed E-state index contributed by atoms with van der Waals surface area (Å²) >= 11 is 0. The smallest absolute Gasteiger partial charge is 0.341 e. The quantitative estimate of drug-likeness (QED) is 0.848. The summed E-state index contributed by atoms with van der Waals surface area (Å²) in [6.45, 7) is 5.43. The molecule has 0 fully saturated rings. The van der Waals surface area contributed by atoms with Gasteiger partial charge in [-0.3, -0.25) is 0 Å². The third-order valence-electron chi connectivity index (χ3n) is 2.62. The van der Waals surface area contributed by atoms with Crippen molar-refractivity contribution in [2.24, 2.45) is 7.05 Å². The Balaban J connectivity index is 2.75. The maximum atomic E-state index is 11.3. The summed E-state index contributed by atoms with van der Waals surface area (Å²) < 4.78 is 3.15. The summed E-state index contributed by atoms with van der Waals surface area (Å²) in [5.74, 6) is -0.501. The monoisotopic (exact) mass is 234 g/mol. The lowest BCUT2D eigenvalue weighted by atomic mass is 10.2. The number of hydrogen-bond acceptors (Lipinski definition) is 3. The SMILES string of the molecule is Cc1cc(C)n(-c2c(C(=O)O)c(C)nn2C)n1. The van der Waals surface area contributed by atoms with E-state index in [-0.39, 0.29) is 5.56 Å². The van der Waals surface area contributed by atoms with Crippen LogP contribution in [0.15, 0.2) is 6.07 Å². The summed E-state index contributed by atoms with van der Waals surface area (Å²) in [7, 11) is 1.71. The lowest BCUT2D eigenvalue weighted by Crippen LogP contribution is -2.11. The van der Waals surface area contributed by atoms with E-state index in [1.54, 1.807) is 18.7 Å². The Morgan fingerprint density at radius 3 is 2.41 bits per heavy atom. The lowest BCUT2D eigenvalue weighted by Gasteiger charge is -2.05. The molecule has 6 nitrogen and oxygen atoms in total. The van der Waals surface area contributed by atoms with E-state index in [0.29, 0.717) is 11.5 Å². The Morgan fingerprint density at radius 1 is 1.29 bits per heavy atom. The van der Waals surface area contributed by atoms with Gasteiger partial charge >= 0.3 is 5.97 Å². The summed E-state index contributed by atoms with van der Waals surface area (Å²) in [6.07, 6.45) is 0. The average molecular weight is 234 g/mol. The highest BCUT2D eigenvalue weighted by Gasteiger charge is 2.22. The molecule has 0 aliphatic rings. The van der Waals surface area contributed by atoms with Crippen LogP contribution in [0.2, 0.25) is 0 Å². The van der Waals surface area contributed by atoms with E-state index in [9.17, 15) is 9.90 Å². The Labute approximate surface area is 98.5 Å². The van der Waals surface area contributed by atoms with Crippen molar-refractivity contribution in [1.29, 1.82) is 0 Å². The molecule has 2 heterocycles. The first kappa shape index (κ1) is 11.4. The van der Waals surface area contributed by atoms with Crippen LogP contribution in [-0.2, 0) is 7.05 Å². The zero-order valence-corrected chi connectivity index (χ0v) is 10.2. The third-order valence-corrected chi connectivity index (χ3v) is 2.62. The number of carboxylic acid groups (broad SMARTS) is 1. The second kappa shape index (κ2) is 3.73. The first-order chi connectivity index (χ1) is 7.91. The fourth-order valence-electron chi connectivity index (χ4n) is 1.98. The Kier molecular flexibility index (Phi) is 2.49. The minimum atomic E-state index is -0.988. The van der Waals surface area contributed by atoms with Gasteiger partial charge in [0.15, 0.2) is 5.82 Å². The van der Waals surface area contributed by atoms with E-state index in [0.717, 1.165) is 11.4 Å². The van der Waals surface area contributed by atoms with Crippen LogP contribution < -0.4 is 0 Å². The van der Waals surface area contributed by atoms with Crippen LogP contribution in [0.4, 0.5) is 0 Å². The van der Waals surface area contributed by atoms with Crippen LogP contribution in [0, 0.1) is 20.8 Å². The largest absolute Gasteiger partial charge is 0.477 e. The number of carboxylic acids is 1. The van der Waals surface area contributed by atoms with E-state index in [4.69, 9.17) is 0 Å². The summed E-state index contributed by atoms with van der Waals surface area (Å²) in [4.78, 5) is 11.3. The first-order valence-electron chi connectivity index (χ1n) is 5.22. The van der Waals surface area contributed by atoms with Gasteiger partial charge in [0.05, 0.1) is 11.4 Å². The average Bonchev–Trinajstić information content (AvgIpc) is 2.66. The van der Waals surface area contributed by atoms with E-state index in [2.05, 4.69) is 10.2 Å². The van der Waals surface area contributed by atoms with Gasteiger partial charge in [0.1, 0.15) is 5.56 Å². The second-order valence-electron chi connectivity index (χ2n) is 4.05. The molecule has 2 rings (SSSR count). The molecule has 90 valence electrons. The minimum absolute atomic E-state index is 0.193. The molecular formula is C11H14N4O2. The highest BCUT2D eigenvalue weighted by molar-refractivity contribution is 5.92. The zero-order valence-electron chi connectivity index (χ0n) is 10.2. The molecule has 0 unspecified atom stereocenters. The maximum Gasteiger partial charge on any atom is 0.341 e. The number of aromatic carboxylic acids is 1. The number of hydrogen-bond donors (Lipinski definition) is 1. The predicted molar refractivity (Wildman–Crippen MR) is 61.5 cm³/mol. The highest BCUT2D eigenvalue weighted by atomic mass is 16.4. The predicted octanol–water partition coefficient (Wildman–Crippen LogP) is 1.23. The molecule has 17 heavy (non-hydrogen) atoms. The maximum absolute atomic E-state index is 11.3. The van der Waals surface area contributed by atoms with Crippen molar-refractivity contribution in [3.8, 4) is 5.82 Å². The minimum Gasteiger partial charge on any atom is -0.477 e. The van der Waals surface area contributed by atoms with E-state index in [1.807, 2.05) is 19.9 Å². The van der Waals surface area contributed by atoms with Gasteiger partial charge < -0.3 is 5.11 Å². The molecule has 0 bridgehead atoms. The molecule has 0 radical (unpaired) electrons. The van der Waals surface area contributed by atoms with Crippen LogP contribution >= 0.6 is 0 Å². The number of aryl methyl sites for hydroxylation is 4. The van der Waals surface area contributed by atoms with Gasteiger partial charge in [-0.15, -0.1) is 0 Å². The molecular weight excluding hydrogens is 220 g/mol. The van der Waals surface area contributed by atoms with E-state index >= 15 is 0 Å². The fraction of sp³-hybridized carbons (Fsp3) is 0.364. The Morgan fingerprint density at radius 2 is 1.94 bits per heavy atom.